The zero-order chi connectivity index (χ0) is 14.5. The molecule has 0 aliphatic carbocycles. The second-order valence-electron chi connectivity index (χ2n) is 4.95. The van der Waals surface area contributed by atoms with E-state index >= 15 is 0 Å². The van der Waals surface area contributed by atoms with Crippen molar-refractivity contribution in [3.8, 4) is 0 Å². The summed E-state index contributed by atoms with van der Waals surface area (Å²) < 4.78 is 5.42. The maximum absolute atomic E-state index is 12.1. The number of hydrogen-bond donors (Lipinski definition) is 2. The molecule has 0 spiro atoms. The number of benzene rings is 1. The SMILES string of the molecule is CCNC(=O)C1COCCN1c1ccc(C(C)O)cc1. The van der Waals surface area contributed by atoms with Crippen LogP contribution in [0.1, 0.15) is 25.5 Å². The van der Waals surface area contributed by atoms with Crippen molar-refractivity contribution in [3.05, 3.63) is 29.8 Å². The van der Waals surface area contributed by atoms with E-state index < -0.39 is 6.10 Å². The number of nitrogens with one attached hydrogen (secondary N) is 1. The van der Waals surface area contributed by atoms with E-state index in [9.17, 15) is 9.90 Å². The Hall–Kier alpha value is -1.59. The number of anilines is 1. The summed E-state index contributed by atoms with van der Waals surface area (Å²) in [6.07, 6.45) is -0.479. The molecule has 2 N–H and O–H groups in total. The van der Waals surface area contributed by atoms with Gasteiger partial charge in [-0.05, 0) is 31.5 Å². The fourth-order valence-corrected chi connectivity index (χ4v) is 2.37. The van der Waals surface area contributed by atoms with Crippen molar-refractivity contribution in [2.24, 2.45) is 0 Å². The average molecular weight is 278 g/mol. The first-order chi connectivity index (χ1) is 9.63. The lowest BCUT2D eigenvalue weighted by molar-refractivity contribution is -0.124. The monoisotopic (exact) mass is 278 g/mol. The number of amides is 1. The van der Waals surface area contributed by atoms with Crippen LogP contribution in [0.3, 0.4) is 0 Å². The fraction of sp³-hybridized carbons (Fsp3) is 0.533. The van der Waals surface area contributed by atoms with Crippen molar-refractivity contribution in [1.82, 2.24) is 5.32 Å². The summed E-state index contributed by atoms with van der Waals surface area (Å²) in [5.41, 5.74) is 1.85. The molecule has 2 rings (SSSR count). The Morgan fingerprint density at radius 3 is 2.80 bits per heavy atom. The number of aliphatic hydroxyl groups excluding tert-OH is 1. The van der Waals surface area contributed by atoms with Gasteiger partial charge in [-0.2, -0.15) is 0 Å². The molecule has 5 heteroatoms. The van der Waals surface area contributed by atoms with Crippen LogP contribution in [0.25, 0.3) is 0 Å². The van der Waals surface area contributed by atoms with Crippen molar-refractivity contribution >= 4 is 11.6 Å². The van der Waals surface area contributed by atoms with E-state index in [1.165, 1.54) is 0 Å². The zero-order valence-electron chi connectivity index (χ0n) is 12.0. The summed E-state index contributed by atoms with van der Waals surface area (Å²) in [4.78, 5) is 14.1. The molecule has 1 aromatic carbocycles. The topological polar surface area (TPSA) is 61.8 Å². The normalized spacial score (nSPS) is 20.6. The van der Waals surface area contributed by atoms with Crippen molar-refractivity contribution in [3.63, 3.8) is 0 Å². The Morgan fingerprint density at radius 1 is 1.50 bits per heavy atom. The lowest BCUT2D eigenvalue weighted by atomic mass is 10.1. The maximum Gasteiger partial charge on any atom is 0.245 e. The first-order valence-electron chi connectivity index (χ1n) is 7.03. The van der Waals surface area contributed by atoms with E-state index in [-0.39, 0.29) is 11.9 Å². The van der Waals surface area contributed by atoms with Crippen molar-refractivity contribution in [2.75, 3.05) is 31.2 Å². The highest BCUT2D eigenvalue weighted by atomic mass is 16.5. The van der Waals surface area contributed by atoms with Gasteiger partial charge in [0, 0.05) is 18.8 Å². The summed E-state index contributed by atoms with van der Waals surface area (Å²) in [5.74, 6) is -0.00759. The molecular weight excluding hydrogens is 256 g/mol. The predicted molar refractivity (Wildman–Crippen MR) is 77.7 cm³/mol. The van der Waals surface area contributed by atoms with Gasteiger partial charge in [-0.25, -0.2) is 0 Å². The number of ether oxygens (including phenoxy) is 1. The number of aliphatic hydroxyl groups is 1. The van der Waals surface area contributed by atoms with Gasteiger partial charge in [0.25, 0.3) is 0 Å². The number of rotatable bonds is 4. The highest BCUT2D eigenvalue weighted by Gasteiger charge is 2.29. The van der Waals surface area contributed by atoms with Crippen LogP contribution < -0.4 is 10.2 Å². The fourth-order valence-electron chi connectivity index (χ4n) is 2.37. The summed E-state index contributed by atoms with van der Waals surface area (Å²) in [7, 11) is 0. The smallest absolute Gasteiger partial charge is 0.245 e. The Kier molecular flexibility index (Phi) is 4.98. The van der Waals surface area contributed by atoms with E-state index in [1.807, 2.05) is 31.2 Å². The third kappa shape index (κ3) is 3.29. The molecule has 0 radical (unpaired) electrons. The minimum atomic E-state index is -0.479. The molecule has 2 unspecified atom stereocenters. The van der Waals surface area contributed by atoms with Crippen LogP contribution in [0.15, 0.2) is 24.3 Å². The summed E-state index contributed by atoms with van der Waals surface area (Å²) in [6, 6.07) is 7.38. The number of likely N-dealkylation sites (N-methyl/N-ethyl adjacent to an activating group) is 1. The molecule has 1 aromatic rings. The van der Waals surface area contributed by atoms with Gasteiger partial charge in [0.05, 0.1) is 19.3 Å². The van der Waals surface area contributed by atoms with Crippen molar-refractivity contribution < 1.29 is 14.6 Å². The van der Waals surface area contributed by atoms with Crippen LogP contribution in [0.5, 0.6) is 0 Å². The molecule has 2 atom stereocenters. The van der Waals surface area contributed by atoms with Gasteiger partial charge in [0.1, 0.15) is 6.04 Å². The Balaban J connectivity index is 2.16. The first-order valence-corrected chi connectivity index (χ1v) is 7.03. The highest BCUT2D eigenvalue weighted by Crippen LogP contribution is 2.22. The second kappa shape index (κ2) is 6.72. The van der Waals surface area contributed by atoms with Gasteiger partial charge in [0.15, 0.2) is 0 Å². The number of carbonyl (C=O) groups is 1. The van der Waals surface area contributed by atoms with E-state index in [0.717, 1.165) is 11.3 Å². The van der Waals surface area contributed by atoms with Crippen LogP contribution >= 0.6 is 0 Å². The van der Waals surface area contributed by atoms with Crippen LogP contribution in [-0.2, 0) is 9.53 Å². The molecular formula is C15H22N2O3. The minimum Gasteiger partial charge on any atom is -0.389 e. The lowest BCUT2D eigenvalue weighted by Gasteiger charge is -2.36. The second-order valence-corrected chi connectivity index (χ2v) is 4.95. The highest BCUT2D eigenvalue weighted by molar-refractivity contribution is 5.85. The van der Waals surface area contributed by atoms with E-state index in [2.05, 4.69) is 10.2 Å². The van der Waals surface area contributed by atoms with Crippen LogP contribution in [0, 0.1) is 0 Å². The molecule has 1 heterocycles. The standard InChI is InChI=1S/C15H22N2O3/c1-3-16-15(19)14-10-20-9-8-17(14)13-6-4-12(5-7-13)11(2)18/h4-7,11,14,18H,3,8-10H2,1-2H3,(H,16,19). The van der Waals surface area contributed by atoms with E-state index in [0.29, 0.717) is 26.3 Å². The number of carbonyl (C=O) groups excluding carboxylic acids is 1. The molecule has 1 saturated heterocycles. The maximum atomic E-state index is 12.1. The zero-order valence-corrected chi connectivity index (χ0v) is 12.0. The van der Waals surface area contributed by atoms with Gasteiger partial charge >= 0.3 is 0 Å². The van der Waals surface area contributed by atoms with Gasteiger partial charge < -0.3 is 20.1 Å². The first kappa shape index (κ1) is 14.8. The van der Waals surface area contributed by atoms with Crippen LogP contribution in [-0.4, -0.2) is 43.4 Å². The molecule has 1 aliphatic heterocycles. The van der Waals surface area contributed by atoms with Gasteiger partial charge in [-0.1, -0.05) is 12.1 Å². The molecule has 1 aliphatic rings. The molecule has 1 fully saturated rings. The molecule has 0 bridgehead atoms. The number of hydrogen-bond acceptors (Lipinski definition) is 4. The van der Waals surface area contributed by atoms with E-state index in [4.69, 9.17) is 4.74 Å². The number of morpholine rings is 1. The predicted octanol–water partition coefficient (Wildman–Crippen LogP) is 1.08. The largest absolute Gasteiger partial charge is 0.389 e. The van der Waals surface area contributed by atoms with Gasteiger partial charge in [-0.15, -0.1) is 0 Å². The summed E-state index contributed by atoms with van der Waals surface area (Å²) in [5, 5.41) is 12.4. The Labute approximate surface area is 119 Å². The van der Waals surface area contributed by atoms with Gasteiger partial charge in [-0.3, -0.25) is 4.79 Å². The Bertz CT molecular complexity index is 445. The van der Waals surface area contributed by atoms with Gasteiger partial charge in [0.2, 0.25) is 5.91 Å². The third-order valence-corrected chi connectivity index (χ3v) is 3.49. The lowest BCUT2D eigenvalue weighted by Crippen LogP contribution is -2.54. The molecule has 0 saturated carbocycles. The average Bonchev–Trinajstić information content (AvgIpc) is 2.47. The van der Waals surface area contributed by atoms with Crippen molar-refractivity contribution in [1.29, 1.82) is 0 Å². The quantitative estimate of drug-likeness (QED) is 0.865. The van der Waals surface area contributed by atoms with Crippen LogP contribution in [0.2, 0.25) is 0 Å². The Morgan fingerprint density at radius 2 is 2.20 bits per heavy atom. The molecule has 20 heavy (non-hydrogen) atoms. The minimum absolute atomic E-state index is 0.00759. The summed E-state index contributed by atoms with van der Waals surface area (Å²) in [6.45, 7) is 5.97. The molecule has 1 amide bonds. The summed E-state index contributed by atoms with van der Waals surface area (Å²) >= 11 is 0. The molecule has 110 valence electrons. The molecule has 0 aromatic heterocycles. The molecule has 5 nitrogen and oxygen atoms in total. The van der Waals surface area contributed by atoms with E-state index in [1.54, 1.807) is 6.92 Å². The number of nitrogens with zero attached hydrogens (tertiary/aromatic N) is 1. The third-order valence-electron chi connectivity index (χ3n) is 3.49. The van der Waals surface area contributed by atoms with Crippen molar-refractivity contribution in [2.45, 2.75) is 26.0 Å². The van der Waals surface area contributed by atoms with Crippen LogP contribution in [0.4, 0.5) is 5.69 Å².